The largest absolute Gasteiger partial charge is 0.460 e. The minimum atomic E-state index is -0.488. The van der Waals surface area contributed by atoms with Crippen LogP contribution in [0.1, 0.15) is 45.3 Å². The van der Waals surface area contributed by atoms with Crippen LogP contribution in [0.3, 0.4) is 0 Å². The van der Waals surface area contributed by atoms with E-state index in [-0.39, 0.29) is 12.4 Å². The number of hydrogen-bond acceptors (Lipinski definition) is 7. The third-order valence-corrected chi connectivity index (χ3v) is 4.14. The van der Waals surface area contributed by atoms with E-state index in [0.717, 1.165) is 17.9 Å². The fourth-order valence-electron chi connectivity index (χ4n) is 1.92. The lowest BCUT2D eigenvalue weighted by Crippen LogP contribution is -2.37. The maximum Gasteiger partial charge on any atom is 0.306 e. The summed E-state index contributed by atoms with van der Waals surface area (Å²) in [4.78, 5) is 15.9. The zero-order valence-electron chi connectivity index (χ0n) is 12.1. The lowest BCUT2D eigenvalue weighted by molar-refractivity contribution is -0.154. The second-order valence-electron chi connectivity index (χ2n) is 6.06. The van der Waals surface area contributed by atoms with Crippen molar-refractivity contribution in [3.63, 3.8) is 0 Å². The van der Waals surface area contributed by atoms with E-state index in [1.54, 1.807) is 11.8 Å². The Labute approximate surface area is 122 Å². The second kappa shape index (κ2) is 5.73. The number of carbonyl (C=O) groups is 1. The number of aromatic nitrogens is 2. The molecule has 1 aliphatic heterocycles. The van der Waals surface area contributed by atoms with Gasteiger partial charge in [-0.15, -0.1) is 0 Å². The van der Waals surface area contributed by atoms with Gasteiger partial charge in [0.25, 0.3) is 0 Å². The molecule has 7 heteroatoms. The standard InChI is InChI=1S/C13H21N3O3S/c1-12(2,3)18-10(17)5-4-9-15-11(16-19-9)13(14)6-7-20-8-13/h4-8,14H2,1-3H3. The Morgan fingerprint density at radius 1 is 1.55 bits per heavy atom. The van der Waals surface area contributed by atoms with Gasteiger partial charge in [-0.05, 0) is 32.9 Å². The zero-order valence-corrected chi connectivity index (χ0v) is 13.0. The molecule has 1 aromatic heterocycles. The molecule has 2 N–H and O–H groups in total. The summed E-state index contributed by atoms with van der Waals surface area (Å²) in [7, 11) is 0. The molecule has 6 nitrogen and oxygen atoms in total. The predicted octanol–water partition coefficient (Wildman–Crippen LogP) is 1.63. The Hall–Kier alpha value is -1.08. The van der Waals surface area contributed by atoms with Gasteiger partial charge in [0.1, 0.15) is 5.60 Å². The van der Waals surface area contributed by atoms with E-state index in [1.165, 1.54) is 0 Å². The van der Waals surface area contributed by atoms with Crippen molar-refractivity contribution < 1.29 is 14.1 Å². The van der Waals surface area contributed by atoms with Crippen molar-refractivity contribution in [2.45, 2.75) is 51.2 Å². The van der Waals surface area contributed by atoms with E-state index in [2.05, 4.69) is 10.1 Å². The van der Waals surface area contributed by atoms with Crippen molar-refractivity contribution in [1.29, 1.82) is 0 Å². The van der Waals surface area contributed by atoms with Gasteiger partial charge in [0.05, 0.1) is 12.0 Å². The van der Waals surface area contributed by atoms with Gasteiger partial charge in [-0.1, -0.05) is 5.16 Å². The van der Waals surface area contributed by atoms with Gasteiger partial charge in [-0.3, -0.25) is 4.79 Å². The number of aryl methyl sites for hydroxylation is 1. The first-order valence-electron chi connectivity index (χ1n) is 6.70. The lowest BCUT2D eigenvalue weighted by Gasteiger charge is -2.19. The first-order valence-corrected chi connectivity index (χ1v) is 7.85. The van der Waals surface area contributed by atoms with Crippen LogP contribution in [0.15, 0.2) is 4.52 Å². The molecule has 112 valence electrons. The number of hydrogen-bond donors (Lipinski definition) is 1. The summed E-state index contributed by atoms with van der Waals surface area (Å²) >= 11 is 1.79. The highest BCUT2D eigenvalue weighted by Gasteiger charge is 2.36. The average molecular weight is 299 g/mol. The third kappa shape index (κ3) is 3.96. The Bertz CT molecular complexity index is 475. The highest BCUT2D eigenvalue weighted by molar-refractivity contribution is 7.99. The van der Waals surface area contributed by atoms with Crippen molar-refractivity contribution in [3.8, 4) is 0 Å². The molecule has 0 spiro atoms. The molecule has 1 aliphatic rings. The smallest absolute Gasteiger partial charge is 0.306 e. The van der Waals surface area contributed by atoms with E-state index < -0.39 is 11.1 Å². The summed E-state index contributed by atoms with van der Waals surface area (Å²) in [6, 6.07) is 0. The molecule has 0 bridgehead atoms. The minimum Gasteiger partial charge on any atom is -0.460 e. The molecule has 0 radical (unpaired) electrons. The SMILES string of the molecule is CC(C)(C)OC(=O)CCc1nc(C2(N)CCSC2)no1. The van der Waals surface area contributed by atoms with Gasteiger partial charge in [0.15, 0.2) is 5.82 Å². The van der Waals surface area contributed by atoms with Gasteiger partial charge in [-0.25, -0.2) is 0 Å². The Morgan fingerprint density at radius 2 is 2.30 bits per heavy atom. The van der Waals surface area contributed by atoms with Gasteiger partial charge < -0.3 is 15.0 Å². The molecule has 0 aromatic carbocycles. The quantitative estimate of drug-likeness (QED) is 0.845. The molecule has 1 fully saturated rings. The van der Waals surface area contributed by atoms with Crippen molar-refractivity contribution in [2.24, 2.45) is 5.73 Å². The maximum absolute atomic E-state index is 11.6. The van der Waals surface area contributed by atoms with Gasteiger partial charge >= 0.3 is 5.97 Å². The molecule has 0 amide bonds. The molecule has 2 rings (SSSR count). The summed E-state index contributed by atoms with van der Waals surface area (Å²) in [5.41, 5.74) is 5.27. The van der Waals surface area contributed by atoms with Crippen LogP contribution < -0.4 is 5.73 Å². The third-order valence-electron chi connectivity index (χ3n) is 2.93. The Morgan fingerprint density at radius 3 is 2.90 bits per heavy atom. The van der Waals surface area contributed by atoms with Crippen LogP contribution in [0.4, 0.5) is 0 Å². The summed E-state index contributed by atoms with van der Waals surface area (Å²) in [5.74, 6) is 2.53. The summed E-state index contributed by atoms with van der Waals surface area (Å²) in [5, 5.41) is 3.95. The number of esters is 1. The lowest BCUT2D eigenvalue weighted by atomic mass is 10.00. The predicted molar refractivity (Wildman–Crippen MR) is 76.3 cm³/mol. The van der Waals surface area contributed by atoms with Crippen LogP contribution in [0.25, 0.3) is 0 Å². The summed E-state index contributed by atoms with van der Waals surface area (Å²) in [6.45, 7) is 5.52. The fraction of sp³-hybridized carbons (Fsp3) is 0.769. The van der Waals surface area contributed by atoms with E-state index in [4.69, 9.17) is 15.0 Å². The number of nitrogens with zero attached hydrogens (tertiary/aromatic N) is 2. The van der Waals surface area contributed by atoms with E-state index >= 15 is 0 Å². The van der Waals surface area contributed by atoms with Crippen molar-refractivity contribution >= 4 is 17.7 Å². The number of nitrogens with two attached hydrogens (primary N) is 1. The van der Waals surface area contributed by atoms with Crippen LogP contribution in [-0.2, 0) is 21.5 Å². The normalized spacial score (nSPS) is 23.0. The zero-order chi connectivity index (χ0) is 14.8. The van der Waals surface area contributed by atoms with Crippen LogP contribution in [-0.4, -0.2) is 33.2 Å². The van der Waals surface area contributed by atoms with Crippen LogP contribution >= 0.6 is 11.8 Å². The van der Waals surface area contributed by atoms with Gasteiger partial charge in [0.2, 0.25) is 5.89 Å². The van der Waals surface area contributed by atoms with Crippen LogP contribution in [0, 0.1) is 0 Å². The Balaban J connectivity index is 1.89. The molecule has 1 unspecified atom stereocenters. The maximum atomic E-state index is 11.6. The first-order chi connectivity index (χ1) is 9.28. The summed E-state index contributed by atoms with van der Waals surface area (Å²) in [6.07, 6.45) is 1.46. The highest BCUT2D eigenvalue weighted by Crippen LogP contribution is 2.32. The fourth-order valence-corrected chi connectivity index (χ4v) is 3.21. The molecule has 2 heterocycles. The second-order valence-corrected chi connectivity index (χ2v) is 7.16. The number of carbonyl (C=O) groups excluding carboxylic acids is 1. The summed E-state index contributed by atoms with van der Waals surface area (Å²) < 4.78 is 10.4. The highest BCUT2D eigenvalue weighted by atomic mass is 32.2. The van der Waals surface area contributed by atoms with Crippen LogP contribution in [0.2, 0.25) is 0 Å². The number of thioether (sulfide) groups is 1. The monoisotopic (exact) mass is 299 g/mol. The number of ether oxygens (including phenoxy) is 1. The first kappa shape index (κ1) is 15.3. The van der Waals surface area contributed by atoms with Crippen molar-refractivity contribution in [3.05, 3.63) is 11.7 Å². The average Bonchev–Trinajstić information content (AvgIpc) is 2.93. The van der Waals surface area contributed by atoms with E-state index in [0.29, 0.717) is 18.1 Å². The molecular formula is C13H21N3O3S. The molecule has 0 saturated carbocycles. The minimum absolute atomic E-state index is 0.227. The Kier molecular flexibility index (Phi) is 4.39. The van der Waals surface area contributed by atoms with E-state index in [1.807, 2.05) is 20.8 Å². The van der Waals surface area contributed by atoms with Crippen LogP contribution in [0.5, 0.6) is 0 Å². The number of rotatable bonds is 4. The van der Waals surface area contributed by atoms with Gasteiger partial charge in [0, 0.05) is 12.2 Å². The molecule has 1 saturated heterocycles. The molecule has 20 heavy (non-hydrogen) atoms. The van der Waals surface area contributed by atoms with Crippen molar-refractivity contribution in [2.75, 3.05) is 11.5 Å². The molecule has 1 aromatic rings. The molecular weight excluding hydrogens is 278 g/mol. The van der Waals surface area contributed by atoms with Gasteiger partial charge in [-0.2, -0.15) is 16.7 Å². The molecule has 1 atom stereocenters. The topological polar surface area (TPSA) is 91.2 Å². The van der Waals surface area contributed by atoms with Crippen molar-refractivity contribution in [1.82, 2.24) is 10.1 Å². The van der Waals surface area contributed by atoms with E-state index in [9.17, 15) is 4.79 Å². The molecule has 0 aliphatic carbocycles.